The molecule has 0 aromatic carbocycles. The maximum absolute atomic E-state index is 12.2. The van der Waals surface area contributed by atoms with E-state index in [4.69, 9.17) is 0 Å². The predicted octanol–water partition coefficient (Wildman–Crippen LogP) is -0.374. The maximum atomic E-state index is 12.2. The number of hydrogen-bond acceptors (Lipinski definition) is 5. The summed E-state index contributed by atoms with van der Waals surface area (Å²) in [6.45, 7) is 0.629. The molecule has 0 spiro atoms. The molecule has 1 aromatic rings. The SMILES string of the molecule is O=C1c2c(O)c(=O)ccn2N[C@@H]2CSCCN12. The van der Waals surface area contributed by atoms with Crippen LogP contribution >= 0.6 is 11.8 Å². The molecule has 0 bridgehead atoms. The van der Waals surface area contributed by atoms with Crippen molar-refractivity contribution in [1.29, 1.82) is 0 Å². The molecule has 6 nitrogen and oxygen atoms in total. The first-order chi connectivity index (χ1) is 8.18. The molecule has 0 radical (unpaired) electrons. The van der Waals surface area contributed by atoms with Gasteiger partial charge in [0.25, 0.3) is 5.91 Å². The number of carbonyl (C=O) groups is 1. The Hall–Kier alpha value is -1.63. The minimum Gasteiger partial charge on any atom is -0.502 e. The fraction of sp³-hybridized carbons (Fsp3) is 0.400. The van der Waals surface area contributed by atoms with E-state index < -0.39 is 11.2 Å². The van der Waals surface area contributed by atoms with Crippen LogP contribution in [0, 0.1) is 0 Å². The van der Waals surface area contributed by atoms with Crippen molar-refractivity contribution in [2.45, 2.75) is 6.17 Å². The molecule has 3 heterocycles. The number of carbonyl (C=O) groups excluding carboxylic acids is 1. The smallest absolute Gasteiger partial charge is 0.278 e. The number of nitrogens with zero attached hydrogens (tertiary/aromatic N) is 2. The Kier molecular flexibility index (Phi) is 2.29. The molecule has 1 fully saturated rings. The highest BCUT2D eigenvalue weighted by molar-refractivity contribution is 7.99. The van der Waals surface area contributed by atoms with E-state index in [-0.39, 0.29) is 17.8 Å². The lowest BCUT2D eigenvalue weighted by atomic mass is 10.2. The largest absolute Gasteiger partial charge is 0.502 e. The van der Waals surface area contributed by atoms with Gasteiger partial charge in [-0.3, -0.25) is 14.3 Å². The average molecular weight is 253 g/mol. The highest BCUT2D eigenvalue weighted by atomic mass is 32.2. The third-order valence-corrected chi connectivity index (χ3v) is 3.98. The zero-order chi connectivity index (χ0) is 12.0. The van der Waals surface area contributed by atoms with Crippen LogP contribution in [-0.2, 0) is 0 Å². The first-order valence-corrected chi connectivity index (χ1v) is 6.44. The molecule has 1 aromatic heterocycles. The van der Waals surface area contributed by atoms with Crippen LogP contribution in [0.1, 0.15) is 10.5 Å². The van der Waals surface area contributed by atoms with Gasteiger partial charge in [0.05, 0.1) is 0 Å². The molecular weight excluding hydrogens is 242 g/mol. The van der Waals surface area contributed by atoms with Crippen LogP contribution in [0.25, 0.3) is 0 Å². The van der Waals surface area contributed by atoms with Crippen LogP contribution in [0.3, 0.4) is 0 Å². The molecule has 0 unspecified atom stereocenters. The van der Waals surface area contributed by atoms with Crippen molar-refractivity contribution in [1.82, 2.24) is 9.58 Å². The lowest BCUT2D eigenvalue weighted by Gasteiger charge is -2.41. The Balaban J connectivity index is 2.13. The van der Waals surface area contributed by atoms with E-state index in [9.17, 15) is 14.7 Å². The molecule has 90 valence electrons. The van der Waals surface area contributed by atoms with E-state index in [0.717, 1.165) is 11.5 Å². The van der Waals surface area contributed by atoms with Crippen LogP contribution < -0.4 is 10.9 Å². The van der Waals surface area contributed by atoms with E-state index in [1.807, 2.05) is 0 Å². The van der Waals surface area contributed by atoms with Crippen LogP contribution in [0.5, 0.6) is 5.75 Å². The number of rotatable bonds is 0. The minimum atomic E-state index is -0.531. The summed E-state index contributed by atoms with van der Waals surface area (Å²) in [5, 5.41) is 9.68. The van der Waals surface area contributed by atoms with E-state index in [2.05, 4.69) is 5.43 Å². The van der Waals surface area contributed by atoms with Crippen molar-refractivity contribution < 1.29 is 9.90 Å². The summed E-state index contributed by atoms with van der Waals surface area (Å²) < 4.78 is 1.44. The summed E-state index contributed by atoms with van der Waals surface area (Å²) in [5.74, 6) is 0.908. The minimum absolute atomic E-state index is 0.0284. The van der Waals surface area contributed by atoms with Crippen molar-refractivity contribution >= 4 is 17.7 Å². The van der Waals surface area contributed by atoms with Crippen molar-refractivity contribution in [2.75, 3.05) is 23.5 Å². The van der Waals surface area contributed by atoms with Gasteiger partial charge in [0.15, 0.2) is 11.4 Å². The quantitative estimate of drug-likeness (QED) is 0.659. The third kappa shape index (κ3) is 1.49. The van der Waals surface area contributed by atoms with Gasteiger partial charge in [-0.25, -0.2) is 0 Å². The second kappa shape index (κ2) is 3.69. The van der Waals surface area contributed by atoms with E-state index in [1.165, 1.54) is 16.9 Å². The monoisotopic (exact) mass is 253 g/mol. The zero-order valence-electron chi connectivity index (χ0n) is 8.92. The molecule has 3 rings (SSSR count). The van der Waals surface area contributed by atoms with Crippen LogP contribution in [0.15, 0.2) is 17.1 Å². The van der Waals surface area contributed by atoms with Crippen molar-refractivity contribution in [3.63, 3.8) is 0 Å². The standard InChI is InChI=1S/C10H11N3O3S/c14-6-1-2-13-8(9(6)15)10(16)12-3-4-17-5-7(12)11-13/h1-2,7,11,15H,3-5H2/t7-/m0/s1. The fourth-order valence-corrected chi connectivity index (χ4v) is 3.06. The molecule has 2 aliphatic heterocycles. The molecule has 7 heteroatoms. The van der Waals surface area contributed by atoms with Gasteiger partial charge >= 0.3 is 0 Å². The molecule has 2 aliphatic rings. The number of nitrogens with one attached hydrogen (secondary N) is 1. The van der Waals surface area contributed by atoms with Crippen LogP contribution in [0.2, 0.25) is 0 Å². The van der Waals surface area contributed by atoms with Crippen molar-refractivity contribution in [2.24, 2.45) is 0 Å². The summed E-state index contributed by atoms with van der Waals surface area (Å²) >= 11 is 1.77. The summed E-state index contributed by atoms with van der Waals surface area (Å²) in [4.78, 5) is 25.2. The molecule has 0 saturated carbocycles. The predicted molar refractivity (Wildman–Crippen MR) is 63.9 cm³/mol. The van der Waals surface area contributed by atoms with Crippen molar-refractivity contribution in [3.8, 4) is 5.75 Å². The van der Waals surface area contributed by atoms with Gasteiger partial charge in [-0.2, -0.15) is 11.8 Å². The highest BCUT2D eigenvalue weighted by Gasteiger charge is 2.35. The summed E-state index contributed by atoms with van der Waals surface area (Å²) in [5.41, 5.74) is 2.60. The molecule has 1 atom stereocenters. The summed E-state index contributed by atoms with van der Waals surface area (Å²) in [6, 6.07) is 1.24. The Morgan fingerprint density at radius 1 is 1.47 bits per heavy atom. The number of aromatic hydroxyl groups is 1. The van der Waals surface area contributed by atoms with Gasteiger partial charge < -0.3 is 15.4 Å². The van der Waals surface area contributed by atoms with Gasteiger partial charge in [0, 0.05) is 30.3 Å². The third-order valence-electron chi connectivity index (χ3n) is 2.95. The highest BCUT2D eigenvalue weighted by Crippen LogP contribution is 2.24. The molecule has 0 aliphatic carbocycles. The number of pyridine rings is 1. The molecule has 1 saturated heterocycles. The number of thioether (sulfide) groups is 1. The second-order valence-electron chi connectivity index (χ2n) is 3.97. The van der Waals surface area contributed by atoms with Gasteiger partial charge in [0.2, 0.25) is 5.43 Å². The number of amides is 1. The van der Waals surface area contributed by atoms with E-state index >= 15 is 0 Å². The topological polar surface area (TPSA) is 74.6 Å². The summed E-state index contributed by atoms with van der Waals surface area (Å²) in [6.07, 6.45) is 1.40. The lowest BCUT2D eigenvalue weighted by Crippen LogP contribution is -2.57. The Bertz CT molecular complexity index is 542. The first-order valence-electron chi connectivity index (χ1n) is 5.28. The van der Waals surface area contributed by atoms with E-state index in [1.54, 1.807) is 16.7 Å². The average Bonchev–Trinajstić information content (AvgIpc) is 2.34. The Morgan fingerprint density at radius 3 is 3.12 bits per heavy atom. The first kappa shape index (κ1) is 10.5. The lowest BCUT2D eigenvalue weighted by molar-refractivity contribution is 0.0662. The van der Waals surface area contributed by atoms with Crippen molar-refractivity contribution in [3.05, 3.63) is 28.2 Å². The fourth-order valence-electron chi connectivity index (χ4n) is 2.09. The van der Waals surface area contributed by atoms with Gasteiger partial charge in [-0.05, 0) is 0 Å². The molecule has 17 heavy (non-hydrogen) atoms. The number of hydrogen-bond donors (Lipinski definition) is 2. The maximum Gasteiger partial charge on any atom is 0.278 e. The van der Waals surface area contributed by atoms with Crippen LogP contribution in [0.4, 0.5) is 0 Å². The van der Waals surface area contributed by atoms with Crippen LogP contribution in [-0.4, -0.2) is 44.8 Å². The van der Waals surface area contributed by atoms with Gasteiger partial charge in [-0.15, -0.1) is 0 Å². The molecule has 2 N–H and O–H groups in total. The second-order valence-corrected chi connectivity index (χ2v) is 5.12. The zero-order valence-corrected chi connectivity index (χ0v) is 9.74. The number of fused-ring (bicyclic) bond motifs is 2. The van der Waals surface area contributed by atoms with E-state index in [0.29, 0.717) is 6.54 Å². The molecule has 1 amide bonds. The Morgan fingerprint density at radius 2 is 2.29 bits per heavy atom. The summed E-state index contributed by atoms with van der Waals surface area (Å²) in [7, 11) is 0. The number of aromatic nitrogens is 1. The van der Waals surface area contributed by atoms with Gasteiger partial charge in [0.1, 0.15) is 6.17 Å². The Labute approximate surface area is 101 Å². The normalized spacial score (nSPS) is 22.7. The molecular formula is C10H11N3O3S. The van der Waals surface area contributed by atoms with Gasteiger partial charge in [-0.1, -0.05) is 0 Å².